The van der Waals surface area contributed by atoms with E-state index in [1.165, 1.54) is 7.11 Å². The monoisotopic (exact) mass is 446 g/mol. The minimum absolute atomic E-state index is 0.131. The highest BCUT2D eigenvalue weighted by Gasteiger charge is 2.23. The Hall–Kier alpha value is -2.54. The van der Waals surface area contributed by atoms with Crippen molar-refractivity contribution in [1.29, 1.82) is 0 Å². The van der Waals surface area contributed by atoms with Gasteiger partial charge in [-0.3, -0.25) is 9.59 Å². The van der Waals surface area contributed by atoms with Crippen LogP contribution < -0.4 is 0 Å². The number of allylic oxidation sites excluding steroid dienone is 2. The summed E-state index contributed by atoms with van der Waals surface area (Å²) in [5, 5.41) is 0. The maximum Gasteiger partial charge on any atom is 0.338 e. The third kappa shape index (κ3) is 9.00. The number of benzene rings is 1. The fourth-order valence-corrected chi connectivity index (χ4v) is 3.62. The van der Waals surface area contributed by atoms with E-state index in [2.05, 4.69) is 0 Å². The van der Waals surface area contributed by atoms with Crippen LogP contribution in [0.25, 0.3) is 0 Å². The highest BCUT2D eigenvalue weighted by Crippen LogP contribution is 2.22. The molecule has 31 heavy (non-hydrogen) atoms. The van der Waals surface area contributed by atoms with Crippen molar-refractivity contribution >= 4 is 29.7 Å². The second-order valence-electron chi connectivity index (χ2n) is 8.19. The normalized spacial score (nSPS) is 14.4. The molecule has 0 spiro atoms. The van der Waals surface area contributed by atoms with Gasteiger partial charge >= 0.3 is 17.9 Å². The topological polar surface area (TPSA) is 78.9 Å². The van der Waals surface area contributed by atoms with E-state index in [0.717, 1.165) is 16.2 Å². The summed E-state index contributed by atoms with van der Waals surface area (Å²) in [7, 11) is 1.32. The summed E-state index contributed by atoms with van der Waals surface area (Å²) in [6.45, 7) is 5.67. The number of carbonyl (C=O) groups is 3. The van der Waals surface area contributed by atoms with Gasteiger partial charge in [-0.25, -0.2) is 4.79 Å². The Kier molecular flexibility index (Phi) is 9.37. The molecule has 1 aliphatic rings. The Morgan fingerprint density at radius 3 is 2.42 bits per heavy atom. The predicted molar refractivity (Wildman–Crippen MR) is 121 cm³/mol. The van der Waals surface area contributed by atoms with Crippen molar-refractivity contribution in [2.24, 2.45) is 5.92 Å². The van der Waals surface area contributed by atoms with E-state index in [0.29, 0.717) is 18.4 Å². The van der Waals surface area contributed by atoms with Gasteiger partial charge < -0.3 is 14.2 Å². The molecule has 168 valence electrons. The quantitative estimate of drug-likeness (QED) is 0.409. The lowest BCUT2D eigenvalue weighted by molar-refractivity contribution is -0.148. The summed E-state index contributed by atoms with van der Waals surface area (Å²) < 4.78 is 15.6. The molecule has 1 aliphatic heterocycles. The second kappa shape index (κ2) is 11.7. The predicted octanol–water partition coefficient (Wildman–Crippen LogP) is 4.48. The number of thioether (sulfide) groups is 1. The van der Waals surface area contributed by atoms with Gasteiger partial charge in [-0.2, -0.15) is 0 Å². The highest BCUT2D eigenvalue weighted by molar-refractivity contribution is 8.03. The molecule has 0 saturated heterocycles. The average Bonchev–Trinajstić information content (AvgIpc) is 2.74. The largest absolute Gasteiger partial charge is 0.469 e. The Labute approximate surface area is 188 Å². The lowest BCUT2D eigenvalue weighted by Gasteiger charge is -2.20. The van der Waals surface area contributed by atoms with E-state index in [-0.39, 0.29) is 25.0 Å². The van der Waals surface area contributed by atoms with Crippen molar-refractivity contribution in [3.05, 3.63) is 58.5 Å². The van der Waals surface area contributed by atoms with Crippen molar-refractivity contribution < 1.29 is 28.6 Å². The molecule has 0 amide bonds. The third-order valence-electron chi connectivity index (χ3n) is 4.47. The van der Waals surface area contributed by atoms with Crippen LogP contribution in [0.5, 0.6) is 0 Å². The van der Waals surface area contributed by atoms with Crippen LogP contribution in [0.1, 0.15) is 49.5 Å². The molecule has 1 aromatic carbocycles. The van der Waals surface area contributed by atoms with Crippen molar-refractivity contribution in [2.75, 3.05) is 19.5 Å². The van der Waals surface area contributed by atoms with Gasteiger partial charge in [0.05, 0.1) is 18.6 Å². The van der Waals surface area contributed by atoms with Crippen molar-refractivity contribution in [2.45, 2.75) is 45.6 Å². The zero-order chi connectivity index (χ0) is 22.9. The third-order valence-corrected chi connectivity index (χ3v) is 5.45. The maximum atomic E-state index is 12.7. The van der Waals surface area contributed by atoms with Crippen molar-refractivity contribution in [3.63, 3.8) is 0 Å². The number of rotatable bonds is 9. The van der Waals surface area contributed by atoms with Crippen molar-refractivity contribution in [3.8, 4) is 0 Å². The zero-order valence-corrected chi connectivity index (χ0v) is 19.3. The smallest absolute Gasteiger partial charge is 0.338 e. The summed E-state index contributed by atoms with van der Waals surface area (Å²) >= 11 is 1.63. The Morgan fingerprint density at radius 2 is 1.84 bits per heavy atom. The number of esters is 3. The Balaban J connectivity index is 2.02. The molecule has 1 unspecified atom stereocenters. The van der Waals surface area contributed by atoms with Crippen LogP contribution in [0.15, 0.2) is 47.4 Å². The lowest BCUT2D eigenvalue weighted by Crippen LogP contribution is -2.24. The number of hydrogen-bond acceptors (Lipinski definition) is 7. The molecule has 0 radical (unpaired) electrons. The van der Waals surface area contributed by atoms with Gasteiger partial charge in [0.25, 0.3) is 0 Å². The second-order valence-corrected chi connectivity index (χ2v) is 9.34. The first-order valence-electron chi connectivity index (χ1n) is 10.2. The first-order chi connectivity index (χ1) is 14.7. The van der Waals surface area contributed by atoms with Gasteiger partial charge in [0, 0.05) is 17.1 Å². The molecule has 0 saturated carbocycles. The maximum absolute atomic E-state index is 12.7. The lowest BCUT2D eigenvalue weighted by atomic mass is 9.94. The molecule has 1 atom stereocenters. The van der Waals surface area contributed by atoms with Crippen LogP contribution in [0, 0.1) is 5.92 Å². The van der Waals surface area contributed by atoms with Gasteiger partial charge in [0.1, 0.15) is 12.2 Å². The Morgan fingerprint density at radius 1 is 1.13 bits per heavy atom. The highest BCUT2D eigenvalue weighted by atomic mass is 32.2. The number of hydrogen-bond donors (Lipinski definition) is 0. The van der Waals surface area contributed by atoms with E-state index >= 15 is 0 Å². The molecular weight excluding hydrogens is 416 g/mol. The van der Waals surface area contributed by atoms with Gasteiger partial charge in [0.2, 0.25) is 0 Å². The van der Waals surface area contributed by atoms with Crippen LogP contribution in [0.2, 0.25) is 0 Å². The van der Waals surface area contributed by atoms with Gasteiger partial charge in [-0.1, -0.05) is 24.3 Å². The zero-order valence-electron chi connectivity index (χ0n) is 18.5. The van der Waals surface area contributed by atoms with E-state index in [1.54, 1.807) is 36.0 Å². The molecule has 0 aliphatic carbocycles. The molecule has 7 heteroatoms. The summed E-state index contributed by atoms with van der Waals surface area (Å²) in [5.74, 6) is -0.742. The minimum atomic E-state index is -0.569. The number of methoxy groups -OCH3 is 1. The fourth-order valence-electron chi connectivity index (χ4n) is 2.88. The standard InChI is InChI=1S/C24H30O6S/c1-24(2,3)30-23(27)18-10-8-17(9-11-18)15-19(12-13-21(25)28-4)22(26)29-16-20-7-5-6-14-31-20/h5-11,19H,12-16H2,1-4H3. The molecule has 0 fully saturated rings. The van der Waals surface area contributed by atoms with Crippen LogP contribution in [0.3, 0.4) is 0 Å². The first kappa shape index (κ1) is 24.7. The summed E-state index contributed by atoms with van der Waals surface area (Å²) in [4.78, 5) is 37.5. The van der Waals surface area contributed by atoms with Gasteiger partial charge in [-0.15, -0.1) is 11.8 Å². The molecule has 1 aromatic rings. The average molecular weight is 447 g/mol. The van der Waals surface area contributed by atoms with E-state index in [4.69, 9.17) is 14.2 Å². The van der Waals surface area contributed by atoms with Crippen LogP contribution in [0.4, 0.5) is 0 Å². The van der Waals surface area contributed by atoms with Gasteiger partial charge in [0.15, 0.2) is 0 Å². The number of carbonyl (C=O) groups excluding carboxylic acids is 3. The molecule has 6 nitrogen and oxygen atoms in total. The molecular formula is C24H30O6S. The van der Waals surface area contributed by atoms with Gasteiger partial charge in [-0.05, 0) is 57.4 Å². The molecule has 2 rings (SSSR count). The molecule has 0 bridgehead atoms. The molecule has 0 N–H and O–H groups in total. The molecule has 1 heterocycles. The minimum Gasteiger partial charge on any atom is -0.469 e. The number of ether oxygens (including phenoxy) is 3. The Bertz CT molecular complexity index is 833. The van der Waals surface area contributed by atoms with Crippen molar-refractivity contribution in [1.82, 2.24) is 0 Å². The SMILES string of the molecule is COC(=O)CCC(Cc1ccc(C(=O)OC(C)(C)C)cc1)C(=O)OCC1=CC=CCS1. The summed E-state index contributed by atoms with van der Waals surface area (Å²) in [6.07, 6.45) is 6.77. The fraction of sp³-hybridized carbons (Fsp3) is 0.458. The van der Waals surface area contributed by atoms with Crippen LogP contribution >= 0.6 is 11.8 Å². The van der Waals surface area contributed by atoms with E-state index < -0.39 is 17.5 Å². The van der Waals surface area contributed by atoms with Crippen LogP contribution in [-0.2, 0) is 30.2 Å². The summed E-state index contributed by atoms with van der Waals surface area (Å²) in [5.41, 5.74) is 0.746. The molecule has 0 aromatic heterocycles. The van der Waals surface area contributed by atoms with E-state index in [1.807, 2.05) is 39.0 Å². The first-order valence-corrected chi connectivity index (χ1v) is 11.2. The van der Waals surface area contributed by atoms with Crippen LogP contribution in [-0.4, -0.2) is 43.0 Å². The van der Waals surface area contributed by atoms with E-state index in [9.17, 15) is 14.4 Å². The summed E-state index contributed by atoms with van der Waals surface area (Å²) in [6, 6.07) is 6.95.